The number of rotatable bonds is 6. The molecule has 1 aromatic rings. The second kappa shape index (κ2) is 6.55. The van der Waals surface area contributed by atoms with E-state index < -0.39 is 0 Å². The number of nitrogens with zero attached hydrogens (tertiary/aromatic N) is 1. The largest absolute Gasteiger partial charge is 0.349 e. The highest BCUT2D eigenvalue weighted by Crippen LogP contribution is 2.19. The first-order valence-corrected chi connectivity index (χ1v) is 7.28. The van der Waals surface area contributed by atoms with E-state index >= 15 is 0 Å². The van der Waals surface area contributed by atoms with E-state index in [4.69, 9.17) is 0 Å². The fraction of sp³-hybridized carbons (Fsp3) is 0.500. The first-order chi connectivity index (χ1) is 9.61. The maximum absolute atomic E-state index is 12.3. The molecule has 2 amide bonds. The van der Waals surface area contributed by atoms with Crippen molar-refractivity contribution in [2.24, 2.45) is 0 Å². The van der Waals surface area contributed by atoms with Crippen molar-refractivity contribution in [3.05, 3.63) is 35.4 Å². The minimum atomic E-state index is -0.0849. The van der Waals surface area contributed by atoms with E-state index in [0.29, 0.717) is 17.2 Å². The summed E-state index contributed by atoms with van der Waals surface area (Å²) in [6.45, 7) is 2.84. The van der Waals surface area contributed by atoms with Crippen molar-refractivity contribution >= 4 is 11.8 Å². The summed E-state index contributed by atoms with van der Waals surface area (Å²) in [4.78, 5) is 25.9. The topological polar surface area (TPSA) is 49.4 Å². The Morgan fingerprint density at radius 2 is 2.00 bits per heavy atom. The molecule has 1 fully saturated rings. The third-order valence-electron chi connectivity index (χ3n) is 3.48. The Morgan fingerprint density at radius 1 is 1.30 bits per heavy atom. The van der Waals surface area contributed by atoms with Gasteiger partial charge >= 0.3 is 0 Å². The molecule has 0 spiro atoms. The van der Waals surface area contributed by atoms with Gasteiger partial charge < -0.3 is 10.2 Å². The van der Waals surface area contributed by atoms with Gasteiger partial charge in [0, 0.05) is 30.8 Å². The fourth-order valence-electron chi connectivity index (χ4n) is 2.01. The van der Waals surface area contributed by atoms with E-state index in [1.807, 2.05) is 0 Å². The summed E-state index contributed by atoms with van der Waals surface area (Å²) in [6, 6.07) is 7.29. The minimum absolute atomic E-state index is 0.0282. The molecule has 0 aromatic heterocycles. The maximum Gasteiger partial charge on any atom is 0.253 e. The Kier molecular flexibility index (Phi) is 4.77. The zero-order valence-electron chi connectivity index (χ0n) is 12.2. The van der Waals surface area contributed by atoms with E-state index in [9.17, 15) is 9.59 Å². The van der Waals surface area contributed by atoms with Crippen LogP contribution in [0.25, 0.3) is 0 Å². The molecule has 0 bridgehead atoms. The van der Waals surface area contributed by atoms with Gasteiger partial charge in [-0.3, -0.25) is 9.59 Å². The van der Waals surface area contributed by atoms with Crippen LogP contribution in [0.15, 0.2) is 24.3 Å². The Bertz CT molecular complexity index is 495. The molecule has 0 unspecified atom stereocenters. The molecule has 108 valence electrons. The summed E-state index contributed by atoms with van der Waals surface area (Å²) in [5, 5.41) is 2.94. The van der Waals surface area contributed by atoms with Gasteiger partial charge in [-0.05, 0) is 37.5 Å². The van der Waals surface area contributed by atoms with Gasteiger partial charge in [-0.25, -0.2) is 0 Å². The standard InChI is InChI=1S/C16H22N2O2/c1-3-4-10-18(2)16(20)13-7-5-6-12(11-13)15(19)17-14-8-9-14/h5-7,11,14H,3-4,8-10H2,1-2H3,(H,17,19). The van der Waals surface area contributed by atoms with Crippen molar-refractivity contribution in [2.45, 2.75) is 38.6 Å². The molecule has 2 rings (SSSR count). The number of hydrogen-bond donors (Lipinski definition) is 1. The van der Waals surface area contributed by atoms with Gasteiger partial charge in [0.25, 0.3) is 11.8 Å². The number of unbranched alkanes of at least 4 members (excludes halogenated alkanes) is 1. The molecule has 1 aliphatic carbocycles. The second-order valence-corrected chi connectivity index (χ2v) is 5.41. The Morgan fingerprint density at radius 3 is 2.65 bits per heavy atom. The van der Waals surface area contributed by atoms with Crippen LogP contribution in [0.1, 0.15) is 53.3 Å². The number of amides is 2. The third-order valence-corrected chi connectivity index (χ3v) is 3.48. The quantitative estimate of drug-likeness (QED) is 0.866. The van der Waals surface area contributed by atoms with Gasteiger partial charge in [0.2, 0.25) is 0 Å². The van der Waals surface area contributed by atoms with Crippen LogP contribution in [0.2, 0.25) is 0 Å². The summed E-state index contributed by atoms with van der Waals surface area (Å²) in [5.74, 6) is -0.113. The second-order valence-electron chi connectivity index (χ2n) is 5.41. The number of carbonyl (C=O) groups excluding carboxylic acids is 2. The fourth-order valence-corrected chi connectivity index (χ4v) is 2.01. The van der Waals surface area contributed by atoms with Gasteiger partial charge in [-0.1, -0.05) is 19.4 Å². The van der Waals surface area contributed by atoms with Crippen LogP contribution >= 0.6 is 0 Å². The molecule has 20 heavy (non-hydrogen) atoms. The summed E-state index contributed by atoms with van der Waals surface area (Å²) in [6.07, 6.45) is 4.17. The molecule has 0 saturated heterocycles. The zero-order valence-corrected chi connectivity index (χ0v) is 12.2. The molecule has 0 atom stereocenters. The average molecular weight is 274 g/mol. The lowest BCUT2D eigenvalue weighted by molar-refractivity contribution is 0.0793. The van der Waals surface area contributed by atoms with Crippen LogP contribution in [0, 0.1) is 0 Å². The van der Waals surface area contributed by atoms with Gasteiger partial charge in [0.15, 0.2) is 0 Å². The molecule has 4 heteroatoms. The molecular weight excluding hydrogens is 252 g/mol. The van der Waals surface area contributed by atoms with E-state index in [1.54, 1.807) is 36.2 Å². The van der Waals surface area contributed by atoms with Crippen LogP contribution in [-0.2, 0) is 0 Å². The SMILES string of the molecule is CCCCN(C)C(=O)c1cccc(C(=O)NC2CC2)c1. The van der Waals surface area contributed by atoms with Crippen LogP contribution in [0.4, 0.5) is 0 Å². The van der Waals surface area contributed by atoms with E-state index in [0.717, 1.165) is 32.2 Å². The van der Waals surface area contributed by atoms with Crippen molar-refractivity contribution in [3.8, 4) is 0 Å². The van der Waals surface area contributed by atoms with E-state index in [1.165, 1.54) is 0 Å². The molecule has 4 nitrogen and oxygen atoms in total. The van der Waals surface area contributed by atoms with Gasteiger partial charge in [-0.2, -0.15) is 0 Å². The molecule has 1 N–H and O–H groups in total. The summed E-state index contributed by atoms with van der Waals surface area (Å²) < 4.78 is 0. The number of benzene rings is 1. The van der Waals surface area contributed by atoms with E-state index in [-0.39, 0.29) is 11.8 Å². The number of nitrogens with one attached hydrogen (secondary N) is 1. The van der Waals surface area contributed by atoms with Crippen molar-refractivity contribution in [2.75, 3.05) is 13.6 Å². The van der Waals surface area contributed by atoms with Crippen molar-refractivity contribution in [1.82, 2.24) is 10.2 Å². The normalized spacial score (nSPS) is 13.9. The van der Waals surface area contributed by atoms with Crippen LogP contribution in [0.3, 0.4) is 0 Å². The molecule has 1 aromatic carbocycles. The number of carbonyl (C=O) groups is 2. The summed E-state index contributed by atoms with van der Waals surface area (Å²) >= 11 is 0. The summed E-state index contributed by atoms with van der Waals surface area (Å²) in [5.41, 5.74) is 1.14. The average Bonchev–Trinajstić information content (AvgIpc) is 3.28. The lowest BCUT2D eigenvalue weighted by atomic mass is 10.1. The molecule has 0 heterocycles. The molecular formula is C16H22N2O2. The lowest BCUT2D eigenvalue weighted by Crippen LogP contribution is -2.29. The van der Waals surface area contributed by atoms with Crippen molar-refractivity contribution in [3.63, 3.8) is 0 Å². The zero-order chi connectivity index (χ0) is 14.5. The Labute approximate surface area is 120 Å². The molecule has 0 aliphatic heterocycles. The van der Waals surface area contributed by atoms with Crippen LogP contribution in [0.5, 0.6) is 0 Å². The van der Waals surface area contributed by atoms with Gasteiger partial charge in [0.05, 0.1) is 0 Å². The predicted octanol–water partition coefficient (Wildman–Crippen LogP) is 2.45. The van der Waals surface area contributed by atoms with Crippen LogP contribution < -0.4 is 5.32 Å². The Hall–Kier alpha value is -1.84. The lowest BCUT2D eigenvalue weighted by Gasteiger charge is -2.17. The smallest absolute Gasteiger partial charge is 0.253 e. The molecule has 1 saturated carbocycles. The number of hydrogen-bond acceptors (Lipinski definition) is 2. The van der Waals surface area contributed by atoms with Crippen LogP contribution in [-0.4, -0.2) is 36.3 Å². The molecule has 1 aliphatic rings. The van der Waals surface area contributed by atoms with Gasteiger partial charge in [0.1, 0.15) is 0 Å². The third kappa shape index (κ3) is 3.83. The highest BCUT2D eigenvalue weighted by molar-refractivity contribution is 5.99. The van der Waals surface area contributed by atoms with Crippen molar-refractivity contribution in [1.29, 1.82) is 0 Å². The van der Waals surface area contributed by atoms with Gasteiger partial charge in [-0.15, -0.1) is 0 Å². The first-order valence-electron chi connectivity index (χ1n) is 7.28. The van der Waals surface area contributed by atoms with E-state index in [2.05, 4.69) is 12.2 Å². The minimum Gasteiger partial charge on any atom is -0.349 e. The Balaban J connectivity index is 2.04. The molecule has 0 radical (unpaired) electrons. The highest BCUT2D eigenvalue weighted by atomic mass is 16.2. The first kappa shape index (κ1) is 14.6. The van der Waals surface area contributed by atoms with Crippen molar-refractivity contribution < 1.29 is 9.59 Å². The highest BCUT2D eigenvalue weighted by Gasteiger charge is 2.24. The monoisotopic (exact) mass is 274 g/mol. The summed E-state index contributed by atoms with van der Waals surface area (Å²) in [7, 11) is 1.80. The predicted molar refractivity (Wildman–Crippen MR) is 78.8 cm³/mol. The maximum atomic E-state index is 12.3.